The van der Waals surface area contributed by atoms with Gasteiger partial charge in [0.1, 0.15) is 34.0 Å². The first kappa shape index (κ1) is 63.4. The molecule has 101 heavy (non-hydrogen) atoms. The largest absolute Gasteiger partial charge is 0.276 e. The molecule has 11 nitrogen and oxygen atoms in total. The second-order valence-electron chi connectivity index (χ2n) is 26.6. The number of benzene rings is 9. The van der Waals surface area contributed by atoms with Crippen LogP contribution >= 0.6 is 0 Å². The van der Waals surface area contributed by atoms with Gasteiger partial charge in [-0.15, -0.1) is 0 Å². The van der Waals surface area contributed by atoms with Gasteiger partial charge in [0.05, 0.1) is 28.4 Å². The molecule has 9 aromatic carbocycles. The van der Waals surface area contributed by atoms with Gasteiger partial charge in [0.2, 0.25) is 0 Å². The van der Waals surface area contributed by atoms with Crippen LogP contribution in [0.4, 0.5) is 5.69 Å². The summed E-state index contributed by atoms with van der Waals surface area (Å²) in [6.07, 6.45) is 8.12. The summed E-state index contributed by atoms with van der Waals surface area (Å²) in [7, 11) is 0. The monoisotopic (exact) mass is 1310 g/mol. The zero-order valence-electron chi connectivity index (χ0n) is 58.7. The molecular weight excluding hydrogens is 1240 g/mol. The molecule has 0 saturated carbocycles. The maximum Gasteiger partial charge on any atom is 0.164 e. The van der Waals surface area contributed by atoms with Crippen molar-refractivity contribution in [3.05, 3.63) is 316 Å². The standard InChI is InChI=1S/C90H75N11/c1-53-28-12-16-32-64(53)52-77-73(41-24-48-91-77)95-63(11)65-33-20-34-66(57(65)5)81-61(9)83(68-36-22-39-71(59(68)7)86-97-75-43-26-50-93-89(75)100(86)79-46-18-14-30-55(79)3)84(69-37-23-40-72(60(69)8)87-98-76-44-27-51-94-90(76)101(87)80-47-19-15-31-56(80)4)62(10)82(81)67-35-21-38-70(58(67)6)85-96-74-42-25-49-92-88(74)99(85)78-45-17-13-29-54(78)2/h12-51H,52H2,1-11H3. The van der Waals surface area contributed by atoms with Gasteiger partial charge in [-0.1, -0.05) is 152 Å². The number of para-hydroxylation sites is 3. The van der Waals surface area contributed by atoms with E-state index in [2.05, 4.69) is 284 Å². The topological polar surface area (TPSA) is 117 Å². The molecule has 0 fully saturated rings. The van der Waals surface area contributed by atoms with Crippen LogP contribution in [0.2, 0.25) is 0 Å². The van der Waals surface area contributed by atoms with Crippen LogP contribution in [0.5, 0.6) is 0 Å². The molecule has 11 heteroatoms. The van der Waals surface area contributed by atoms with Gasteiger partial charge in [-0.25, -0.2) is 29.9 Å². The first-order valence-electron chi connectivity index (χ1n) is 34.5. The van der Waals surface area contributed by atoms with Gasteiger partial charge in [-0.2, -0.15) is 0 Å². The molecule has 0 spiro atoms. The van der Waals surface area contributed by atoms with E-state index in [1.807, 2.05) is 49.1 Å². The minimum absolute atomic E-state index is 0.666. The number of nitrogens with zero attached hydrogens (tertiary/aromatic N) is 11. The van der Waals surface area contributed by atoms with E-state index in [-0.39, 0.29) is 0 Å². The fourth-order valence-corrected chi connectivity index (χ4v) is 15.4. The van der Waals surface area contributed by atoms with E-state index < -0.39 is 0 Å². The molecule has 490 valence electrons. The lowest BCUT2D eigenvalue weighted by Gasteiger charge is -2.29. The number of imidazole rings is 3. The zero-order chi connectivity index (χ0) is 69.3. The minimum Gasteiger partial charge on any atom is -0.276 e. The van der Waals surface area contributed by atoms with Crippen LogP contribution in [-0.4, -0.2) is 54.3 Å². The average Bonchev–Trinajstić information content (AvgIpc) is 0.726. The van der Waals surface area contributed by atoms with Crippen molar-refractivity contribution < 1.29 is 0 Å². The van der Waals surface area contributed by atoms with E-state index in [4.69, 9.17) is 39.9 Å². The van der Waals surface area contributed by atoms with Crippen molar-refractivity contribution in [3.63, 3.8) is 0 Å². The maximum atomic E-state index is 5.51. The Balaban J connectivity index is 1.01. The van der Waals surface area contributed by atoms with Crippen LogP contribution in [0, 0.1) is 69.2 Å². The van der Waals surface area contributed by atoms with Crippen molar-refractivity contribution in [1.29, 1.82) is 0 Å². The average molecular weight is 1310 g/mol. The molecule has 7 heterocycles. The summed E-state index contributed by atoms with van der Waals surface area (Å²) in [5.41, 5.74) is 35.8. The Kier molecular flexibility index (Phi) is 16.2. The van der Waals surface area contributed by atoms with Gasteiger partial charge in [0.25, 0.3) is 0 Å². The first-order valence-corrected chi connectivity index (χ1v) is 34.5. The van der Waals surface area contributed by atoms with Crippen molar-refractivity contribution in [2.75, 3.05) is 0 Å². The Morgan fingerprint density at radius 1 is 0.307 bits per heavy atom. The molecule has 7 aromatic heterocycles. The number of aromatic nitrogens is 10. The van der Waals surface area contributed by atoms with Crippen LogP contribution in [-0.2, 0) is 6.42 Å². The number of fused-ring (bicyclic) bond motifs is 3. The van der Waals surface area contributed by atoms with Crippen molar-refractivity contribution in [2.45, 2.75) is 82.6 Å². The minimum atomic E-state index is 0.666. The van der Waals surface area contributed by atoms with Gasteiger partial charge in [0, 0.05) is 53.6 Å². The third-order valence-corrected chi connectivity index (χ3v) is 20.6. The predicted molar refractivity (Wildman–Crippen MR) is 414 cm³/mol. The highest BCUT2D eigenvalue weighted by Crippen LogP contribution is 2.53. The summed E-state index contributed by atoms with van der Waals surface area (Å²) in [6.45, 7) is 24.6. The Morgan fingerprint density at radius 3 is 1.04 bits per heavy atom. The fraction of sp³-hybridized carbons (Fsp3) is 0.133. The number of rotatable bonds is 14. The van der Waals surface area contributed by atoms with E-state index in [1.54, 1.807) is 0 Å². The summed E-state index contributed by atoms with van der Waals surface area (Å²) in [5.74, 6) is 2.45. The van der Waals surface area contributed by atoms with Crippen molar-refractivity contribution in [1.82, 2.24) is 48.6 Å². The van der Waals surface area contributed by atoms with Crippen LogP contribution in [0.3, 0.4) is 0 Å². The van der Waals surface area contributed by atoms with E-state index in [0.29, 0.717) is 6.42 Å². The number of aryl methyl sites for hydroxylation is 4. The molecule has 0 aliphatic rings. The molecule has 0 aliphatic carbocycles. The lowest BCUT2D eigenvalue weighted by Crippen LogP contribution is -2.07. The third kappa shape index (κ3) is 10.8. The highest BCUT2D eigenvalue weighted by Gasteiger charge is 2.31. The van der Waals surface area contributed by atoms with E-state index in [1.165, 1.54) is 11.1 Å². The molecule has 0 unspecified atom stereocenters. The Labute approximate surface area is 589 Å². The van der Waals surface area contributed by atoms with Gasteiger partial charge in [0.15, 0.2) is 16.9 Å². The molecule has 0 N–H and O–H groups in total. The third-order valence-electron chi connectivity index (χ3n) is 20.6. The fourth-order valence-electron chi connectivity index (χ4n) is 15.4. The number of hydrogen-bond acceptors (Lipinski definition) is 8. The first-order chi connectivity index (χ1) is 49.2. The number of pyridine rings is 4. The lowest BCUT2D eigenvalue weighted by molar-refractivity contribution is 1.05. The van der Waals surface area contributed by atoms with Crippen LogP contribution in [0.15, 0.2) is 248 Å². The summed E-state index contributed by atoms with van der Waals surface area (Å²) >= 11 is 0. The van der Waals surface area contributed by atoms with E-state index in [0.717, 1.165) is 202 Å². The van der Waals surface area contributed by atoms with Gasteiger partial charge in [-0.3, -0.25) is 23.7 Å². The highest BCUT2D eigenvalue weighted by molar-refractivity contribution is 6.08. The molecule has 0 atom stereocenters. The smallest absolute Gasteiger partial charge is 0.164 e. The summed E-state index contributed by atoms with van der Waals surface area (Å²) in [5, 5.41) is 0. The van der Waals surface area contributed by atoms with Crippen molar-refractivity contribution in [2.24, 2.45) is 4.99 Å². The quantitative estimate of drug-likeness (QED) is 0.0995. The molecule has 16 rings (SSSR count). The summed E-state index contributed by atoms with van der Waals surface area (Å²) in [6, 6.07) is 77.2. The molecular formula is C90H75N11. The second-order valence-corrected chi connectivity index (χ2v) is 26.6. The molecule has 0 saturated heterocycles. The summed E-state index contributed by atoms with van der Waals surface area (Å²) in [4.78, 5) is 42.0. The highest BCUT2D eigenvalue weighted by atomic mass is 15.2. The van der Waals surface area contributed by atoms with E-state index >= 15 is 0 Å². The summed E-state index contributed by atoms with van der Waals surface area (Å²) < 4.78 is 6.72. The van der Waals surface area contributed by atoms with Crippen molar-refractivity contribution >= 4 is 44.9 Å². The Hall–Kier alpha value is -12.3. The van der Waals surface area contributed by atoms with Gasteiger partial charge < -0.3 is 0 Å². The maximum absolute atomic E-state index is 5.51. The normalized spacial score (nSPS) is 11.8. The van der Waals surface area contributed by atoms with Crippen molar-refractivity contribution in [3.8, 4) is 95.7 Å². The SMILES string of the molecule is CC(=Nc1cccnc1Cc1ccccc1C)c1cccc(-c2c(C)c(-c3cccc(-c4nc5cccnc5n4-c4ccccc4C)c3C)c(-c3cccc(-c4nc5cccnc5n4-c4ccccc4C)c3C)c(C)c2-c2cccc(-c3nc4cccnc4n3-c3ccccc3C)c2C)c1C. The molecule has 0 amide bonds. The van der Waals surface area contributed by atoms with Gasteiger partial charge >= 0.3 is 0 Å². The van der Waals surface area contributed by atoms with Crippen LogP contribution < -0.4 is 0 Å². The van der Waals surface area contributed by atoms with Crippen LogP contribution in [0.1, 0.15) is 79.4 Å². The van der Waals surface area contributed by atoms with E-state index in [9.17, 15) is 0 Å². The Bertz CT molecular complexity index is 6040. The second kappa shape index (κ2) is 25.8. The number of aliphatic imine (C=N–C) groups is 1. The van der Waals surface area contributed by atoms with Crippen LogP contribution in [0.25, 0.3) is 129 Å². The lowest BCUT2D eigenvalue weighted by atomic mass is 9.74. The Morgan fingerprint density at radius 2 is 0.644 bits per heavy atom. The molecule has 0 bridgehead atoms. The predicted octanol–water partition coefficient (Wildman–Crippen LogP) is 21.8. The number of hydrogen-bond donors (Lipinski definition) is 0. The molecule has 0 radical (unpaired) electrons. The van der Waals surface area contributed by atoms with Gasteiger partial charge in [-0.05, 0) is 254 Å². The molecule has 0 aliphatic heterocycles. The zero-order valence-corrected chi connectivity index (χ0v) is 58.7. The molecule has 16 aromatic rings.